The van der Waals surface area contributed by atoms with E-state index in [1.54, 1.807) is 0 Å². The van der Waals surface area contributed by atoms with Gasteiger partial charge < -0.3 is 0 Å². The second-order valence-corrected chi connectivity index (χ2v) is 4.62. The maximum Gasteiger partial charge on any atom is 0.0713 e. The Balaban J connectivity index is 2.49. The SMILES string of the molecule is Cc1cc(C(NN)c2cccc(C)c2C)ccn1. The fraction of sp³-hybridized carbons (Fsp3) is 0.267. The van der Waals surface area contributed by atoms with Gasteiger partial charge in [0.2, 0.25) is 0 Å². The second-order valence-electron chi connectivity index (χ2n) is 4.62. The zero-order chi connectivity index (χ0) is 13.1. The lowest BCUT2D eigenvalue weighted by molar-refractivity contribution is 0.632. The number of hydrogen-bond acceptors (Lipinski definition) is 3. The number of nitrogens with one attached hydrogen (secondary N) is 1. The van der Waals surface area contributed by atoms with Crippen molar-refractivity contribution in [3.63, 3.8) is 0 Å². The molecule has 0 amide bonds. The van der Waals surface area contributed by atoms with Crippen molar-refractivity contribution in [2.45, 2.75) is 26.8 Å². The van der Waals surface area contributed by atoms with E-state index < -0.39 is 0 Å². The number of aryl methyl sites for hydroxylation is 2. The van der Waals surface area contributed by atoms with Crippen LogP contribution < -0.4 is 11.3 Å². The Morgan fingerprint density at radius 1 is 1.17 bits per heavy atom. The first kappa shape index (κ1) is 12.7. The Labute approximate surface area is 108 Å². The number of aromatic nitrogens is 1. The molecule has 1 atom stereocenters. The minimum atomic E-state index is 0.00611. The minimum absolute atomic E-state index is 0.00611. The van der Waals surface area contributed by atoms with Gasteiger partial charge in [0, 0.05) is 11.9 Å². The molecule has 94 valence electrons. The van der Waals surface area contributed by atoms with Crippen LogP contribution in [0.25, 0.3) is 0 Å². The number of nitrogens with two attached hydrogens (primary N) is 1. The van der Waals surface area contributed by atoms with Gasteiger partial charge in [-0.2, -0.15) is 0 Å². The predicted octanol–water partition coefficient (Wildman–Crippen LogP) is 2.56. The Bertz CT molecular complexity index is 549. The predicted molar refractivity (Wildman–Crippen MR) is 74.1 cm³/mol. The average Bonchev–Trinajstić information content (AvgIpc) is 2.35. The van der Waals surface area contributed by atoms with Gasteiger partial charge in [-0.25, -0.2) is 5.43 Å². The second kappa shape index (κ2) is 5.29. The van der Waals surface area contributed by atoms with Crippen LogP contribution in [0.2, 0.25) is 0 Å². The highest BCUT2D eigenvalue weighted by Crippen LogP contribution is 2.25. The summed E-state index contributed by atoms with van der Waals surface area (Å²) in [5.41, 5.74) is 8.80. The van der Waals surface area contributed by atoms with Crippen LogP contribution >= 0.6 is 0 Å². The monoisotopic (exact) mass is 241 g/mol. The molecule has 3 heteroatoms. The van der Waals surface area contributed by atoms with Crippen molar-refractivity contribution in [3.8, 4) is 0 Å². The number of benzene rings is 1. The molecule has 1 aromatic heterocycles. The van der Waals surface area contributed by atoms with Crippen LogP contribution in [0, 0.1) is 20.8 Å². The van der Waals surface area contributed by atoms with Gasteiger partial charge in [-0.1, -0.05) is 18.2 Å². The van der Waals surface area contributed by atoms with E-state index in [1.165, 1.54) is 16.7 Å². The summed E-state index contributed by atoms with van der Waals surface area (Å²) in [6.45, 7) is 6.23. The van der Waals surface area contributed by atoms with Crippen LogP contribution in [0.1, 0.15) is 34.0 Å². The van der Waals surface area contributed by atoms with E-state index in [9.17, 15) is 0 Å². The number of pyridine rings is 1. The molecular formula is C15H19N3. The maximum absolute atomic E-state index is 5.74. The van der Waals surface area contributed by atoms with Gasteiger partial charge in [0.05, 0.1) is 6.04 Å². The van der Waals surface area contributed by atoms with E-state index in [0.717, 1.165) is 11.3 Å². The molecular weight excluding hydrogens is 222 g/mol. The standard InChI is InChI=1S/C15H19N3/c1-10-5-4-6-14(12(10)3)15(18-16)13-7-8-17-11(2)9-13/h4-9,15,18H,16H2,1-3H3. The molecule has 1 aromatic carbocycles. The van der Waals surface area contributed by atoms with Crippen molar-refractivity contribution in [3.05, 3.63) is 64.5 Å². The molecule has 0 saturated carbocycles. The van der Waals surface area contributed by atoms with E-state index in [1.807, 2.05) is 19.2 Å². The molecule has 1 heterocycles. The number of hydrogen-bond donors (Lipinski definition) is 2. The Morgan fingerprint density at radius 2 is 1.94 bits per heavy atom. The lowest BCUT2D eigenvalue weighted by Crippen LogP contribution is -2.29. The van der Waals surface area contributed by atoms with Gasteiger partial charge in [-0.3, -0.25) is 10.8 Å². The first-order chi connectivity index (χ1) is 8.63. The largest absolute Gasteiger partial charge is 0.271 e. The van der Waals surface area contributed by atoms with Gasteiger partial charge in [0.25, 0.3) is 0 Å². The molecule has 0 aliphatic carbocycles. The van der Waals surface area contributed by atoms with Gasteiger partial charge in [-0.05, 0) is 55.2 Å². The van der Waals surface area contributed by atoms with E-state index in [-0.39, 0.29) is 6.04 Å². The molecule has 2 aromatic rings. The summed E-state index contributed by atoms with van der Waals surface area (Å²) in [5, 5.41) is 0. The zero-order valence-electron chi connectivity index (χ0n) is 11.1. The van der Waals surface area contributed by atoms with E-state index in [0.29, 0.717) is 0 Å². The summed E-state index contributed by atoms with van der Waals surface area (Å²) in [6.07, 6.45) is 1.82. The quantitative estimate of drug-likeness (QED) is 0.641. The summed E-state index contributed by atoms with van der Waals surface area (Å²) in [5.74, 6) is 5.74. The minimum Gasteiger partial charge on any atom is -0.271 e. The van der Waals surface area contributed by atoms with Crippen LogP contribution in [0.4, 0.5) is 0 Å². The van der Waals surface area contributed by atoms with Crippen molar-refractivity contribution in [1.82, 2.24) is 10.4 Å². The molecule has 0 aliphatic rings. The number of nitrogens with zero attached hydrogens (tertiary/aromatic N) is 1. The summed E-state index contributed by atoms with van der Waals surface area (Å²) in [7, 11) is 0. The molecule has 3 N–H and O–H groups in total. The molecule has 0 radical (unpaired) electrons. The number of rotatable bonds is 3. The fourth-order valence-electron chi connectivity index (χ4n) is 2.20. The molecule has 2 rings (SSSR count). The first-order valence-electron chi connectivity index (χ1n) is 6.08. The third-order valence-electron chi connectivity index (χ3n) is 3.38. The first-order valence-corrected chi connectivity index (χ1v) is 6.08. The van der Waals surface area contributed by atoms with Gasteiger partial charge >= 0.3 is 0 Å². The van der Waals surface area contributed by atoms with Crippen molar-refractivity contribution >= 4 is 0 Å². The average molecular weight is 241 g/mol. The smallest absolute Gasteiger partial charge is 0.0713 e. The topological polar surface area (TPSA) is 50.9 Å². The molecule has 0 fully saturated rings. The van der Waals surface area contributed by atoms with Crippen molar-refractivity contribution in [2.75, 3.05) is 0 Å². The summed E-state index contributed by atoms with van der Waals surface area (Å²) in [6, 6.07) is 10.4. The van der Waals surface area contributed by atoms with Crippen LogP contribution in [0.5, 0.6) is 0 Å². The highest BCUT2D eigenvalue weighted by atomic mass is 15.2. The summed E-state index contributed by atoms with van der Waals surface area (Å²) < 4.78 is 0. The molecule has 0 spiro atoms. The van der Waals surface area contributed by atoms with Crippen LogP contribution in [-0.4, -0.2) is 4.98 Å². The Morgan fingerprint density at radius 3 is 2.61 bits per heavy atom. The molecule has 0 bridgehead atoms. The van der Waals surface area contributed by atoms with Crippen LogP contribution in [0.15, 0.2) is 36.5 Å². The third-order valence-corrected chi connectivity index (χ3v) is 3.38. The van der Waals surface area contributed by atoms with E-state index in [2.05, 4.69) is 48.5 Å². The normalized spacial score (nSPS) is 12.4. The van der Waals surface area contributed by atoms with E-state index in [4.69, 9.17) is 5.84 Å². The van der Waals surface area contributed by atoms with Crippen molar-refractivity contribution in [1.29, 1.82) is 0 Å². The molecule has 3 nitrogen and oxygen atoms in total. The van der Waals surface area contributed by atoms with Gasteiger partial charge in [0.15, 0.2) is 0 Å². The lowest BCUT2D eigenvalue weighted by Gasteiger charge is -2.20. The highest BCUT2D eigenvalue weighted by molar-refractivity contribution is 5.40. The summed E-state index contributed by atoms with van der Waals surface area (Å²) >= 11 is 0. The third kappa shape index (κ3) is 2.42. The van der Waals surface area contributed by atoms with Crippen LogP contribution in [0.3, 0.4) is 0 Å². The van der Waals surface area contributed by atoms with Crippen molar-refractivity contribution in [2.24, 2.45) is 5.84 Å². The lowest BCUT2D eigenvalue weighted by atomic mass is 9.93. The van der Waals surface area contributed by atoms with Crippen LogP contribution in [-0.2, 0) is 0 Å². The van der Waals surface area contributed by atoms with E-state index >= 15 is 0 Å². The molecule has 0 saturated heterocycles. The zero-order valence-corrected chi connectivity index (χ0v) is 11.1. The maximum atomic E-state index is 5.74. The molecule has 18 heavy (non-hydrogen) atoms. The van der Waals surface area contributed by atoms with Gasteiger partial charge in [-0.15, -0.1) is 0 Å². The molecule has 1 unspecified atom stereocenters. The molecule has 0 aliphatic heterocycles. The highest BCUT2D eigenvalue weighted by Gasteiger charge is 2.15. The number of hydrazine groups is 1. The summed E-state index contributed by atoms with van der Waals surface area (Å²) in [4.78, 5) is 4.22. The Kier molecular flexibility index (Phi) is 3.75. The van der Waals surface area contributed by atoms with Crippen molar-refractivity contribution < 1.29 is 0 Å². The fourth-order valence-corrected chi connectivity index (χ4v) is 2.20. The van der Waals surface area contributed by atoms with Gasteiger partial charge in [0.1, 0.15) is 0 Å². The Hall–Kier alpha value is -1.71.